The zero-order valence-electron chi connectivity index (χ0n) is 14.2. The average molecular weight is 345 g/mol. The molecule has 0 aliphatic carbocycles. The summed E-state index contributed by atoms with van der Waals surface area (Å²) in [5.74, 6) is -0.558. The quantitative estimate of drug-likeness (QED) is 0.714. The minimum absolute atomic E-state index is 0.400. The molecule has 0 amide bonds. The van der Waals surface area contributed by atoms with Crippen molar-refractivity contribution in [3.05, 3.63) is 42.0 Å². The first kappa shape index (κ1) is 15.3. The van der Waals surface area contributed by atoms with Crippen molar-refractivity contribution in [2.24, 2.45) is 0 Å². The SMILES string of the molecule is CN1OC(c2ccccc2)=C[C@]12C(=O)O[C@@H]1[C@H]3OC(C)(C)O[C@H]3O[C@@H]12. The van der Waals surface area contributed by atoms with Crippen LogP contribution in [-0.4, -0.2) is 54.0 Å². The second-order valence-electron chi connectivity index (χ2n) is 7.18. The molecule has 1 spiro atoms. The number of carbonyl (C=O) groups is 1. The molecular formula is C18H19NO6. The Hall–Kier alpha value is -1.93. The van der Waals surface area contributed by atoms with E-state index in [1.807, 2.05) is 44.2 Å². The molecule has 4 heterocycles. The van der Waals surface area contributed by atoms with Gasteiger partial charge in [0.1, 0.15) is 6.10 Å². The van der Waals surface area contributed by atoms with E-state index < -0.39 is 41.9 Å². The van der Waals surface area contributed by atoms with Gasteiger partial charge in [-0.2, -0.15) is 0 Å². The first-order valence-corrected chi connectivity index (χ1v) is 8.33. The molecule has 1 aromatic carbocycles. The molecule has 3 fully saturated rings. The van der Waals surface area contributed by atoms with Crippen LogP contribution < -0.4 is 0 Å². The molecule has 0 radical (unpaired) electrons. The van der Waals surface area contributed by atoms with Gasteiger partial charge >= 0.3 is 5.97 Å². The van der Waals surface area contributed by atoms with Crippen LogP contribution >= 0.6 is 0 Å². The molecule has 0 unspecified atom stereocenters. The van der Waals surface area contributed by atoms with Crippen molar-refractivity contribution in [3.63, 3.8) is 0 Å². The number of nitrogens with zero attached hydrogens (tertiary/aromatic N) is 1. The Morgan fingerprint density at radius 2 is 1.84 bits per heavy atom. The van der Waals surface area contributed by atoms with Gasteiger partial charge in [-0.1, -0.05) is 30.3 Å². The summed E-state index contributed by atoms with van der Waals surface area (Å²) in [7, 11) is 1.71. The van der Waals surface area contributed by atoms with Gasteiger partial charge in [-0.3, -0.25) is 0 Å². The summed E-state index contributed by atoms with van der Waals surface area (Å²) < 4.78 is 23.4. The number of hydrogen-bond acceptors (Lipinski definition) is 7. The van der Waals surface area contributed by atoms with Gasteiger partial charge in [0.2, 0.25) is 5.54 Å². The Bertz CT molecular complexity index is 762. The zero-order chi connectivity index (χ0) is 17.4. The van der Waals surface area contributed by atoms with E-state index in [9.17, 15) is 4.79 Å². The standard InChI is InChI=1S/C18H19NO6/c1-17(2)23-13-12-14(22-15(13)24-17)18(16(20)21-12)9-11(25-19(18)3)10-7-5-4-6-8-10/h4-9,12-15H,1-3H3/t12-,13-,14+,15-,18+/m1/s1. The number of hydrogen-bond donors (Lipinski definition) is 0. The van der Waals surface area contributed by atoms with Gasteiger partial charge in [0.15, 0.2) is 30.0 Å². The number of esters is 1. The van der Waals surface area contributed by atoms with Crippen LogP contribution in [0.25, 0.3) is 5.76 Å². The molecule has 7 heteroatoms. The highest BCUT2D eigenvalue weighted by Gasteiger charge is 2.72. The molecule has 132 valence electrons. The Morgan fingerprint density at radius 3 is 2.60 bits per heavy atom. The van der Waals surface area contributed by atoms with Crippen molar-refractivity contribution >= 4 is 11.7 Å². The summed E-state index contributed by atoms with van der Waals surface area (Å²) in [6.45, 7) is 3.63. The van der Waals surface area contributed by atoms with Gasteiger partial charge < -0.3 is 23.8 Å². The topological polar surface area (TPSA) is 66.5 Å². The number of hydroxylamine groups is 2. The second-order valence-corrected chi connectivity index (χ2v) is 7.18. The maximum absolute atomic E-state index is 12.8. The number of ether oxygens (including phenoxy) is 4. The van der Waals surface area contributed by atoms with Crippen molar-refractivity contribution < 1.29 is 28.6 Å². The lowest BCUT2D eigenvalue weighted by molar-refractivity contribution is -0.224. The molecule has 5 atom stereocenters. The summed E-state index contributed by atoms with van der Waals surface area (Å²) in [6.07, 6.45) is -0.306. The molecule has 4 aliphatic heterocycles. The fourth-order valence-electron chi connectivity index (χ4n) is 4.02. The summed E-state index contributed by atoms with van der Waals surface area (Å²) >= 11 is 0. The van der Waals surface area contributed by atoms with Crippen LogP contribution in [-0.2, 0) is 28.6 Å². The van der Waals surface area contributed by atoms with Gasteiger partial charge in [0.05, 0.1) is 0 Å². The van der Waals surface area contributed by atoms with E-state index in [-0.39, 0.29) is 0 Å². The third kappa shape index (κ3) is 1.98. The summed E-state index contributed by atoms with van der Waals surface area (Å²) in [4.78, 5) is 18.6. The van der Waals surface area contributed by atoms with E-state index in [4.69, 9.17) is 23.8 Å². The number of rotatable bonds is 1. The number of carbonyl (C=O) groups excluding carboxylic acids is 1. The molecule has 3 saturated heterocycles. The molecular weight excluding hydrogens is 326 g/mol. The third-order valence-corrected chi connectivity index (χ3v) is 5.16. The minimum Gasteiger partial charge on any atom is -0.455 e. The van der Waals surface area contributed by atoms with E-state index in [2.05, 4.69) is 0 Å². The van der Waals surface area contributed by atoms with Crippen molar-refractivity contribution in [2.45, 2.75) is 49.8 Å². The largest absolute Gasteiger partial charge is 0.455 e. The molecule has 0 N–H and O–H groups in total. The van der Waals surface area contributed by atoms with Crippen molar-refractivity contribution in [1.82, 2.24) is 5.06 Å². The second kappa shape index (κ2) is 4.82. The molecule has 5 rings (SSSR count). The van der Waals surface area contributed by atoms with Crippen LogP contribution in [0.15, 0.2) is 36.4 Å². The molecule has 4 aliphatic rings. The predicted molar refractivity (Wildman–Crippen MR) is 84.6 cm³/mol. The van der Waals surface area contributed by atoms with Crippen LogP contribution in [0.4, 0.5) is 0 Å². The van der Waals surface area contributed by atoms with E-state index in [0.29, 0.717) is 5.76 Å². The Morgan fingerprint density at radius 1 is 1.08 bits per heavy atom. The first-order valence-electron chi connectivity index (χ1n) is 8.33. The minimum atomic E-state index is -1.14. The van der Waals surface area contributed by atoms with Crippen LogP contribution in [0.5, 0.6) is 0 Å². The van der Waals surface area contributed by atoms with Crippen molar-refractivity contribution in [2.75, 3.05) is 7.05 Å². The fraction of sp³-hybridized carbons (Fsp3) is 0.500. The molecule has 0 saturated carbocycles. The number of likely N-dealkylation sites (N-methyl/N-ethyl adjacent to an activating group) is 1. The predicted octanol–water partition coefficient (Wildman–Crippen LogP) is 1.45. The lowest BCUT2D eigenvalue weighted by Crippen LogP contribution is -2.54. The summed E-state index contributed by atoms with van der Waals surface area (Å²) in [5, 5.41) is 1.51. The normalized spacial score (nSPS) is 41.4. The maximum Gasteiger partial charge on any atom is 0.337 e. The van der Waals surface area contributed by atoms with E-state index in [1.54, 1.807) is 13.1 Å². The zero-order valence-corrected chi connectivity index (χ0v) is 14.2. The highest BCUT2D eigenvalue weighted by atomic mass is 16.8. The van der Waals surface area contributed by atoms with Crippen LogP contribution in [0.3, 0.4) is 0 Å². The Balaban J connectivity index is 1.52. The van der Waals surface area contributed by atoms with E-state index in [0.717, 1.165) is 5.56 Å². The Labute approximate surface area is 145 Å². The van der Waals surface area contributed by atoms with Gasteiger partial charge in [-0.05, 0) is 19.9 Å². The highest BCUT2D eigenvalue weighted by molar-refractivity contribution is 5.90. The molecule has 25 heavy (non-hydrogen) atoms. The molecule has 7 nitrogen and oxygen atoms in total. The molecule has 0 aromatic heterocycles. The van der Waals surface area contributed by atoms with Gasteiger partial charge in [-0.15, -0.1) is 5.06 Å². The maximum atomic E-state index is 12.8. The summed E-state index contributed by atoms with van der Waals surface area (Å²) in [6, 6.07) is 9.61. The van der Waals surface area contributed by atoms with Crippen LogP contribution in [0, 0.1) is 0 Å². The molecule has 1 aromatic rings. The van der Waals surface area contributed by atoms with Crippen LogP contribution in [0.1, 0.15) is 19.4 Å². The first-order chi connectivity index (χ1) is 11.9. The van der Waals surface area contributed by atoms with Gasteiger partial charge in [0.25, 0.3) is 0 Å². The smallest absolute Gasteiger partial charge is 0.337 e. The van der Waals surface area contributed by atoms with E-state index in [1.165, 1.54) is 5.06 Å². The van der Waals surface area contributed by atoms with Crippen LogP contribution in [0.2, 0.25) is 0 Å². The number of fused-ring (bicyclic) bond motifs is 4. The third-order valence-electron chi connectivity index (χ3n) is 5.16. The number of benzene rings is 1. The van der Waals surface area contributed by atoms with E-state index >= 15 is 0 Å². The van der Waals surface area contributed by atoms with Crippen molar-refractivity contribution in [1.29, 1.82) is 0 Å². The molecule has 0 bridgehead atoms. The fourth-order valence-corrected chi connectivity index (χ4v) is 4.02. The average Bonchev–Trinajstić information content (AvgIpc) is 3.24. The Kier molecular flexibility index (Phi) is 2.96. The monoisotopic (exact) mass is 345 g/mol. The summed E-state index contributed by atoms with van der Waals surface area (Å²) in [5.41, 5.74) is -0.258. The lowest BCUT2D eigenvalue weighted by atomic mass is 9.90. The lowest BCUT2D eigenvalue weighted by Gasteiger charge is -2.30. The van der Waals surface area contributed by atoms with Crippen molar-refractivity contribution in [3.8, 4) is 0 Å². The van der Waals surface area contributed by atoms with Gasteiger partial charge in [0, 0.05) is 12.6 Å². The van der Waals surface area contributed by atoms with Gasteiger partial charge in [-0.25, -0.2) is 4.79 Å². The highest BCUT2D eigenvalue weighted by Crippen LogP contribution is 2.50.